The number of aryl methyl sites for hydroxylation is 1. The van der Waals surface area contributed by atoms with Crippen LogP contribution in [0.4, 0.5) is 15.8 Å². The highest BCUT2D eigenvalue weighted by Crippen LogP contribution is 2.20. The molecule has 0 fully saturated rings. The van der Waals surface area contributed by atoms with Crippen LogP contribution in [0.5, 0.6) is 0 Å². The molecule has 1 N–H and O–H groups in total. The average molecular weight is 288 g/mol. The highest BCUT2D eigenvalue weighted by atomic mass is 19.1. The van der Waals surface area contributed by atoms with Crippen molar-refractivity contribution >= 4 is 17.3 Å². The third-order valence-corrected chi connectivity index (χ3v) is 3.05. The molecule has 2 rings (SSSR count). The van der Waals surface area contributed by atoms with E-state index in [0.29, 0.717) is 5.69 Å². The first-order chi connectivity index (χ1) is 10.0. The Morgan fingerprint density at radius 1 is 1.29 bits per heavy atom. The Bertz CT molecular complexity index is 701. The molecule has 0 aliphatic heterocycles. The number of non-ortho nitro benzene ring substituents is 1. The van der Waals surface area contributed by atoms with Gasteiger partial charge in [0.15, 0.2) is 0 Å². The summed E-state index contributed by atoms with van der Waals surface area (Å²) in [5.74, 6) is -1.56. The Labute approximate surface area is 120 Å². The van der Waals surface area contributed by atoms with Crippen molar-refractivity contribution in [3.8, 4) is 0 Å². The van der Waals surface area contributed by atoms with Crippen molar-refractivity contribution in [1.82, 2.24) is 0 Å². The molecule has 21 heavy (non-hydrogen) atoms. The molecule has 0 unspecified atom stereocenters. The van der Waals surface area contributed by atoms with Crippen LogP contribution in [0.1, 0.15) is 22.8 Å². The quantitative estimate of drug-likeness (QED) is 0.690. The van der Waals surface area contributed by atoms with Gasteiger partial charge in [-0.2, -0.15) is 0 Å². The molecule has 5 nitrogen and oxygen atoms in total. The van der Waals surface area contributed by atoms with Gasteiger partial charge < -0.3 is 5.32 Å². The van der Waals surface area contributed by atoms with Gasteiger partial charge in [0.2, 0.25) is 0 Å². The van der Waals surface area contributed by atoms with Gasteiger partial charge in [-0.1, -0.05) is 25.1 Å². The van der Waals surface area contributed by atoms with Gasteiger partial charge in [0.1, 0.15) is 5.82 Å². The smallest absolute Gasteiger partial charge is 0.272 e. The van der Waals surface area contributed by atoms with Crippen molar-refractivity contribution in [2.24, 2.45) is 0 Å². The van der Waals surface area contributed by atoms with Gasteiger partial charge in [0, 0.05) is 11.8 Å². The minimum atomic E-state index is -0.921. The molecule has 0 saturated carbocycles. The summed E-state index contributed by atoms with van der Waals surface area (Å²) in [5, 5.41) is 13.2. The summed E-state index contributed by atoms with van der Waals surface area (Å²) in [6, 6.07) is 10.1. The van der Waals surface area contributed by atoms with Crippen LogP contribution in [0.2, 0.25) is 0 Å². The molecule has 108 valence electrons. The Morgan fingerprint density at radius 3 is 2.62 bits per heavy atom. The second-order valence-electron chi connectivity index (χ2n) is 4.39. The molecule has 0 aliphatic rings. The standard InChI is InChI=1S/C15H13FN2O3/c1-2-10-5-3-4-6-14(10)17-15(19)12-8-7-11(18(20)21)9-13(12)16/h3-9H,2H2,1H3,(H,17,19). The zero-order valence-corrected chi connectivity index (χ0v) is 11.3. The van der Waals surface area contributed by atoms with Crippen LogP contribution in [0.15, 0.2) is 42.5 Å². The SMILES string of the molecule is CCc1ccccc1NC(=O)c1ccc([N+](=O)[O-])cc1F. The minimum absolute atomic E-state index is 0.230. The van der Waals surface area contributed by atoms with E-state index in [1.54, 1.807) is 12.1 Å². The monoisotopic (exact) mass is 288 g/mol. The van der Waals surface area contributed by atoms with Gasteiger partial charge in [0.05, 0.1) is 16.6 Å². The van der Waals surface area contributed by atoms with E-state index < -0.39 is 22.3 Å². The maximum atomic E-state index is 13.8. The molecule has 0 saturated heterocycles. The van der Waals surface area contributed by atoms with Crippen LogP contribution >= 0.6 is 0 Å². The molecule has 6 heteroatoms. The lowest BCUT2D eigenvalue weighted by molar-refractivity contribution is -0.385. The molecular formula is C15H13FN2O3. The number of hydrogen-bond acceptors (Lipinski definition) is 3. The fraction of sp³-hybridized carbons (Fsp3) is 0.133. The summed E-state index contributed by atoms with van der Waals surface area (Å²) >= 11 is 0. The lowest BCUT2D eigenvalue weighted by Crippen LogP contribution is -2.15. The van der Waals surface area contributed by atoms with Gasteiger partial charge in [-0.25, -0.2) is 4.39 Å². The van der Waals surface area contributed by atoms with Crippen molar-refractivity contribution < 1.29 is 14.1 Å². The van der Waals surface area contributed by atoms with Crippen molar-refractivity contribution in [3.05, 3.63) is 69.5 Å². The second-order valence-corrected chi connectivity index (χ2v) is 4.39. The lowest BCUT2D eigenvalue weighted by Gasteiger charge is -2.10. The summed E-state index contributed by atoms with van der Waals surface area (Å²) in [7, 11) is 0. The largest absolute Gasteiger partial charge is 0.322 e. The zero-order chi connectivity index (χ0) is 15.4. The molecule has 1 amide bonds. The topological polar surface area (TPSA) is 72.2 Å². The predicted octanol–water partition coefficient (Wildman–Crippen LogP) is 3.55. The first-order valence-corrected chi connectivity index (χ1v) is 6.36. The number of nitro groups is 1. The first-order valence-electron chi connectivity index (χ1n) is 6.36. The number of para-hydroxylation sites is 1. The fourth-order valence-electron chi connectivity index (χ4n) is 1.94. The van der Waals surface area contributed by atoms with E-state index in [9.17, 15) is 19.3 Å². The van der Waals surface area contributed by atoms with Crippen molar-refractivity contribution in [1.29, 1.82) is 0 Å². The van der Waals surface area contributed by atoms with E-state index in [1.165, 1.54) is 0 Å². The summed E-state index contributed by atoms with van der Waals surface area (Å²) in [6.07, 6.45) is 0.721. The molecule has 2 aromatic rings. The van der Waals surface area contributed by atoms with Crippen LogP contribution in [0.3, 0.4) is 0 Å². The van der Waals surface area contributed by atoms with E-state index in [1.807, 2.05) is 19.1 Å². The lowest BCUT2D eigenvalue weighted by atomic mass is 10.1. The van der Waals surface area contributed by atoms with Gasteiger partial charge >= 0.3 is 0 Å². The summed E-state index contributed by atoms with van der Waals surface area (Å²) in [6.45, 7) is 1.94. The zero-order valence-electron chi connectivity index (χ0n) is 11.3. The fourth-order valence-corrected chi connectivity index (χ4v) is 1.94. The third kappa shape index (κ3) is 3.22. The maximum Gasteiger partial charge on any atom is 0.272 e. The van der Waals surface area contributed by atoms with E-state index in [4.69, 9.17) is 0 Å². The highest BCUT2D eigenvalue weighted by molar-refractivity contribution is 6.05. The van der Waals surface area contributed by atoms with Crippen LogP contribution in [-0.4, -0.2) is 10.8 Å². The van der Waals surface area contributed by atoms with Crippen molar-refractivity contribution in [2.75, 3.05) is 5.32 Å². The number of amides is 1. The Balaban J connectivity index is 2.26. The molecule has 0 aromatic heterocycles. The molecular weight excluding hydrogens is 275 g/mol. The average Bonchev–Trinajstić information content (AvgIpc) is 2.47. The molecule has 2 aromatic carbocycles. The molecule has 0 radical (unpaired) electrons. The van der Waals surface area contributed by atoms with Gasteiger partial charge in [-0.15, -0.1) is 0 Å². The molecule has 0 aliphatic carbocycles. The Hall–Kier alpha value is -2.76. The third-order valence-electron chi connectivity index (χ3n) is 3.05. The summed E-state index contributed by atoms with van der Waals surface area (Å²) < 4.78 is 13.8. The van der Waals surface area contributed by atoms with Gasteiger partial charge in [-0.05, 0) is 24.1 Å². The molecule has 0 atom stereocenters. The number of carbonyl (C=O) groups excluding carboxylic acids is 1. The maximum absolute atomic E-state index is 13.8. The second kappa shape index (κ2) is 6.13. The van der Waals surface area contributed by atoms with Crippen molar-refractivity contribution in [2.45, 2.75) is 13.3 Å². The number of carbonyl (C=O) groups is 1. The van der Waals surface area contributed by atoms with Crippen LogP contribution in [0, 0.1) is 15.9 Å². The molecule has 0 bridgehead atoms. The number of rotatable bonds is 4. The number of nitro benzene ring substituents is 1. The van der Waals surface area contributed by atoms with Gasteiger partial charge in [0.25, 0.3) is 11.6 Å². The number of anilines is 1. The Kier molecular flexibility index (Phi) is 4.27. The van der Waals surface area contributed by atoms with E-state index in [0.717, 1.165) is 30.2 Å². The number of nitrogens with zero attached hydrogens (tertiary/aromatic N) is 1. The van der Waals surface area contributed by atoms with E-state index in [2.05, 4.69) is 5.32 Å². The molecule has 0 spiro atoms. The number of halogens is 1. The predicted molar refractivity (Wildman–Crippen MR) is 76.8 cm³/mol. The number of hydrogen-bond donors (Lipinski definition) is 1. The minimum Gasteiger partial charge on any atom is -0.322 e. The van der Waals surface area contributed by atoms with E-state index in [-0.39, 0.29) is 5.56 Å². The van der Waals surface area contributed by atoms with Crippen LogP contribution in [0.25, 0.3) is 0 Å². The van der Waals surface area contributed by atoms with Gasteiger partial charge in [-0.3, -0.25) is 14.9 Å². The normalized spacial score (nSPS) is 10.2. The first kappa shape index (κ1) is 14.6. The molecule has 0 heterocycles. The summed E-state index contributed by atoms with van der Waals surface area (Å²) in [5.41, 5.74) is 0.903. The van der Waals surface area contributed by atoms with Crippen LogP contribution in [-0.2, 0) is 6.42 Å². The van der Waals surface area contributed by atoms with E-state index >= 15 is 0 Å². The van der Waals surface area contributed by atoms with Crippen molar-refractivity contribution in [3.63, 3.8) is 0 Å². The number of nitrogens with one attached hydrogen (secondary N) is 1. The number of benzene rings is 2. The summed E-state index contributed by atoms with van der Waals surface area (Å²) in [4.78, 5) is 21.9. The Morgan fingerprint density at radius 2 is 2.00 bits per heavy atom. The highest BCUT2D eigenvalue weighted by Gasteiger charge is 2.16. The van der Waals surface area contributed by atoms with Crippen LogP contribution < -0.4 is 5.32 Å².